The zero-order valence-corrected chi connectivity index (χ0v) is 20.8. The first-order valence-corrected chi connectivity index (χ1v) is 9.32. The summed E-state index contributed by atoms with van der Waals surface area (Å²) in [5.74, 6) is -0.356. The molecule has 27 heavy (non-hydrogen) atoms. The predicted octanol–water partition coefficient (Wildman–Crippen LogP) is 1.67. The van der Waals surface area contributed by atoms with Gasteiger partial charge in [-0.2, -0.15) is 9.90 Å². The van der Waals surface area contributed by atoms with Gasteiger partial charge in [-0.15, -0.1) is 0 Å². The number of hydrogen-bond acceptors (Lipinski definition) is 6. The van der Waals surface area contributed by atoms with Crippen molar-refractivity contribution in [2.45, 2.75) is 12.8 Å². The first kappa shape index (κ1) is 21.9. The summed E-state index contributed by atoms with van der Waals surface area (Å²) < 4.78 is 18.6. The third kappa shape index (κ3) is 3.80. The summed E-state index contributed by atoms with van der Waals surface area (Å²) in [5, 5.41) is 10.6. The van der Waals surface area contributed by atoms with E-state index in [0.29, 0.717) is 22.3 Å². The molecule has 0 saturated heterocycles. The van der Waals surface area contributed by atoms with Crippen LogP contribution in [0.25, 0.3) is 11.0 Å². The Morgan fingerprint density at radius 1 is 1.26 bits per heavy atom. The number of aliphatic hydroxyl groups excluding tert-OH is 1. The van der Waals surface area contributed by atoms with Crippen molar-refractivity contribution >= 4 is 66.6 Å². The molecule has 2 unspecified atom stereocenters. The van der Waals surface area contributed by atoms with Crippen LogP contribution in [0, 0.1) is 5.82 Å². The number of carbonyl (C=O) groups excluding carboxylic acids is 1. The van der Waals surface area contributed by atoms with Gasteiger partial charge in [-0.1, -0.05) is 0 Å². The van der Waals surface area contributed by atoms with Gasteiger partial charge in [0.2, 0.25) is 0 Å². The molecule has 10 heteroatoms. The van der Waals surface area contributed by atoms with Gasteiger partial charge < -0.3 is 13.5 Å². The van der Waals surface area contributed by atoms with Crippen LogP contribution in [0.3, 0.4) is 0 Å². The molecule has 3 aromatic rings. The fourth-order valence-corrected chi connectivity index (χ4v) is 3.83. The Hall–Kier alpha value is -1.36. The molecule has 0 aliphatic carbocycles. The Balaban J connectivity index is 0.00000131. The van der Waals surface area contributed by atoms with Crippen molar-refractivity contribution in [3.8, 4) is 5.75 Å². The topological polar surface area (TPSA) is 75.5 Å². The number of benzene rings is 1. The molecule has 6 nitrogen and oxygen atoms in total. The van der Waals surface area contributed by atoms with E-state index in [4.69, 9.17) is 2.69 Å². The number of halogens is 1. The number of rotatable bonds is 3. The van der Waals surface area contributed by atoms with Crippen LogP contribution in [0.5, 0.6) is 5.75 Å². The zero-order chi connectivity index (χ0) is 17.6. The number of carbonyl (C=O) groups is 1. The molecule has 138 valence electrons. The van der Waals surface area contributed by atoms with E-state index in [2.05, 4.69) is 9.97 Å². The molecule has 4 rings (SSSR count). The second-order valence-corrected chi connectivity index (χ2v) is 6.54. The van der Waals surface area contributed by atoms with Crippen LogP contribution in [0.15, 0.2) is 42.6 Å². The van der Waals surface area contributed by atoms with E-state index in [0.717, 1.165) is 0 Å². The Morgan fingerprint density at radius 2 is 1.96 bits per heavy atom. The van der Waals surface area contributed by atoms with Gasteiger partial charge in [0.25, 0.3) is 0 Å². The Kier molecular flexibility index (Phi) is 7.12. The van der Waals surface area contributed by atoms with Crippen molar-refractivity contribution in [1.29, 1.82) is 0 Å². The molecule has 1 aliphatic rings. The van der Waals surface area contributed by atoms with Crippen molar-refractivity contribution in [3.05, 3.63) is 65.2 Å². The third-order valence-electron chi connectivity index (χ3n) is 4.12. The monoisotopic (exact) mass is 596 g/mol. The van der Waals surface area contributed by atoms with Crippen molar-refractivity contribution in [2.24, 2.45) is 0 Å². The van der Waals surface area contributed by atoms with E-state index in [1.807, 2.05) is 0 Å². The van der Waals surface area contributed by atoms with Gasteiger partial charge in [0, 0.05) is 0 Å². The van der Waals surface area contributed by atoms with Crippen LogP contribution in [0.4, 0.5) is 4.39 Å². The first-order valence-electron chi connectivity index (χ1n) is 7.49. The normalized spacial score (nSPS) is 15.1. The van der Waals surface area contributed by atoms with Crippen LogP contribution in [0.2, 0.25) is 0 Å². The number of pyridine rings is 2. The van der Waals surface area contributed by atoms with Crippen molar-refractivity contribution in [3.63, 3.8) is 0 Å². The van der Waals surface area contributed by atoms with Crippen molar-refractivity contribution in [2.75, 3.05) is 0 Å². The van der Waals surface area contributed by atoms with E-state index in [-0.39, 0.29) is 79.1 Å². The molecule has 3 heterocycles. The maximum atomic E-state index is 13.1. The molecule has 0 bridgehead atoms. The van der Waals surface area contributed by atoms with Crippen LogP contribution in [0.1, 0.15) is 27.8 Å². The fraction of sp³-hybridized carbons (Fsp3) is 0.118. The molecular formula is C17H15FN3O3PSTl-. The number of fused-ring (bicyclic) bond motifs is 2. The Morgan fingerprint density at radius 3 is 2.63 bits per heavy atom. The van der Waals surface area contributed by atoms with Crippen molar-refractivity contribution < 1.29 is 17.0 Å². The van der Waals surface area contributed by atoms with E-state index >= 15 is 0 Å². The summed E-state index contributed by atoms with van der Waals surface area (Å²) in [4.78, 5) is 22.8. The van der Waals surface area contributed by atoms with Gasteiger partial charge in [0.1, 0.15) is 0 Å². The number of amides is 1. The molecule has 1 aliphatic heterocycles. The van der Waals surface area contributed by atoms with Gasteiger partial charge in [0.15, 0.2) is 0 Å². The molecule has 0 spiro atoms. The summed E-state index contributed by atoms with van der Waals surface area (Å²) >= 11 is 0.151. The molecule has 2 atom stereocenters. The molecule has 0 radical (unpaired) electrons. The third-order valence-corrected chi connectivity index (χ3v) is 5.04. The number of nitrogens with zero attached hydrogens (tertiary/aromatic N) is 3. The van der Waals surface area contributed by atoms with Gasteiger partial charge >= 0.3 is 159 Å². The second kappa shape index (κ2) is 8.76. The fourth-order valence-electron chi connectivity index (χ4n) is 2.94. The molecule has 0 saturated carbocycles. The van der Waals surface area contributed by atoms with Gasteiger partial charge in [-0.3, -0.25) is 0 Å². The number of thiol groups is 1. The standard InChI is InChI=1S/C17H12FN3O3.H3P.H2S.Tl/c18-10-5-3-9(4-6-10)8-21-16(23)12-14(17(21)24)20-11-2-1-7-19-13(11)15(12)22;;;/h1-7,17,24H,8H2,(H,20,22);1H3;1H2;/q;;;+1/p-2. The predicted molar refractivity (Wildman–Crippen MR) is 107 cm³/mol. The molecule has 2 aromatic heterocycles. The van der Waals surface area contributed by atoms with E-state index < -0.39 is 6.23 Å². The van der Waals surface area contributed by atoms with Crippen LogP contribution in [-0.4, -0.2) is 52.1 Å². The van der Waals surface area contributed by atoms with Crippen LogP contribution in [-0.2, 0) is 20.0 Å². The summed E-state index contributed by atoms with van der Waals surface area (Å²) in [7, 11) is 0. The minimum absolute atomic E-state index is 0. The summed E-state index contributed by atoms with van der Waals surface area (Å²) in [6.45, 7) is 0.142. The van der Waals surface area contributed by atoms with E-state index in [9.17, 15) is 14.3 Å². The average Bonchev–Trinajstić information content (AvgIpc) is 2.86. The molecule has 1 amide bonds. The smallest absolute Gasteiger partial charge is 0.153 e. The zero-order valence-electron chi connectivity index (χ0n) is 14.0. The summed E-state index contributed by atoms with van der Waals surface area (Å²) in [5.41, 5.74) is 2.30. The Bertz CT molecular complexity index is 993. The van der Waals surface area contributed by atoms with Crippen molar-refractivity contribution in [1.82, 2.24) is 14.9 Å². The quantitative estimate of drug-likeness (QED) is 0.215. The maximum absolute atomic E-state index is 13.1. The van der Waals surface area contributed by atoms with Crippen LogP contribution >= 0.6 is 9.90 Å². The molecule has 1 N–H and O–H groups in total. The largest absolute Gasteiger partial charge is 0.813 e. The van der Waals surface area contributed by atoms with E-state index in [1.165, 1.54) is 17.0 Å². The number of hydrogen-bond donors (Lipinski definition) is 1. The SMILES string of the molecule is O=C1c2c(nc3cccnc3c2[O][Tl])C(O)N1Cc1ccc(F)cc1.P.[SH-]. The van der Waals surface area contributed by atoms with Gasteiger partial charge in [0.05, 0.1) is 0 Å². The average molecular weight is 596 g/mol. The Labute approximate surface area is 181 Å². The summed E-state index contributed by atoms with van der Waals surface area (Å²) in [6.07, 6.45) is 0.423. The molecular weight excluding hydrogens is 581 g/mol. The summed E-state index contributed by atoms with van der Waals surface area (Å²) in [6, 6.07) is 9.29. The van der Waals surface area contributed by atoms with Gasteiger partial charge in [-0.05, 0) is 0 Å². The van der Waals surface area contributed by atoms with Crippen LogP contribution < -0.4 is 2.69 Å². The number of aliphatic hydroxyl groups is 1. The first-order chi connectivity index (χ1) is 12.1. The maximum Gasteiger partial charge on any atom is -0.153 e. The molecule has 1 aromatic carbocycles. The van der Waals surface area contributed by atoms with E-state index in [1.54, 1.807) is 30.5 Å². The van der Waals surface area contributed by atoms with Gasteiger partial charge in [-0.25, -0.2) is 0 Å². The number of aromatic nitrogens is 2. The minimum Gasteiger partial charge on any atom is -0.813 e. The minimum atomic E-state index is -1.18. The molecule has 0 fully saturated rings. The second-order valence-electron chi connectivity index (χ2n) is 5.62.